The van der Waals surface area contributed by atoms with Crippen LogP contribution in [0.5, 0.6) is 0 Å². The average Bonchev–Trinajstić information content (AvgIpc) is 2.35. The summed E-state index contributed by atoms with van der Waals surface area (Å²) in [5, 5.41) is 0. The normalized spacial score (nSPS) is 12.4. The van der Waals surface area contributed by atoms with Gasteiger partial charge in [0, 0.05) is 11.0 Å². The Bertz CT molecular complexity index is 806. The molecule has 0 radical (unpaired) electrons. The van der Waals surface area contributed by atoms with Gasteiger partial charge < -0.3 is 4.98 Å². The summed E-state index contributed by atoms with van der Waals surface area (Å²) in [4.78, 5) is 13.5. The first-order chi connectivity index (χ1) is 10.5. The van der Waals surface area contributed by atoms with Crippen LogP contribution in [-0.4, -0.2) is 15.1 Å². The van der Waals surface area contributed by atoms with E-state index in [2.05, 4.69) is 0 Å². The van der Waals surface area contributed by atoms with Gasteiger partial charge in [-0.15, -0.1) is 0 Å². The standard InChI is InChI=1S/C12H6F6N2OS2/c13-11(14,15)8-5-9(21)20(10(22)19-8)6-2-1-3-7(4-6)23-12(16,17)18/h1-5H,(H,19,22). The first-order valence-corrected chi connectivity index (χ1v) is 6.99. The van der Waals surface area contributed by atoms with Crippen molar-refractivity contribution in [1.82, 2.24) is 9.55 Å². The molecular formula is C12H6F6N2OS2. The molecule has 0 spiro atoms. The Balaban J connectivity index is 2.54. The van der Waals surface area contributed by atoms with E-state index in [4.69, 9.17) is 12.2 Å². The van der Waals surface area contributed by atoms with Crippen molar-refractivity contribution >= 4 is 24.0 Å². The molecular weight excluding hydrogens is 366 g/mol. The van der Waals surface area contributed by atoms with Gasteiger partial charge in [0.05, 0.1) is 5.69 Å². The lowest BCUT2D eigenvalue weighted by Crippen LogP contribution is -2.23. The van der Waals surface area contributed by atoms with Gasteiger partial charge in [0.1, 0.15) is 5.69 Å². The number of nitrogens with zero attached hydrogens (tertiary/aromatic N) is 1. The molecule has 0 saturated carbocycles. The first kappa shape index (κ1) is 17.6. The van der Waals surface area contributed by atoms with Gasteiger partial charge in [-0.3, -0.25) is 9.36 Å². The summed E-state index contributed by atoms with van der Waals surface area (Å²) in [6.45, 7) is 0. The van der Waals surface area contributed by atoms with Gasteiger partial charge in [-0.2, -0.15) is 26.3 Å². The summed E-state index contributed by atoms with van der Waals surface area (Å²) >= 11 is 4.30. The molecule has 0 saturated heterocycles. The monoisotopic (exact) mass is 372 g/mol. The van der Waals surface area contributed by atoms with Gasteiger partial charge in [-0.25, -0.2) is 0 Å². The predicted molar refractivity (Wildman–Crippen MR) is 74.1 cm³/mol. The summed E-state index contributed by atoms with van der Waals surface area (Å²) in [5.74, 6) is 0. The lowest BCUT2D eigenvalue weighted by atomic mass is 10.3. The second-order valence-electron chi connectivity index (χ2n) is 4.20. The summed E-state index contributed by atoms with van der Waals surface area (Å²) in [6.07, 6.45) is -4.79. The summed E-state index contributed by atoms with van der Waals surface area (Å²) < 4.78 is 74.9. The molecule has 2 rings (SSSR count). The topological polar surface area (TPSA) is 37.8 Å². The molecule has 124 valence electrons. The number of H-pyrrole nitrogens is 1. The fourth-order valence-corrected chi connectivity index (χ4v) is 2.61. The van der Waals surface area contributed by atoms with Gasteiger partial charge in [0.25, 0.3) is 5.56 Å². The third-order valence-electron chi connectivity index (χ3n) is 2.55. The number of nitrogens with one attached hydrogen (secondary N) is 1. The Hall–Kier alpha value is -1.75. The maximum Gasteiger partial charge on any atom is 0.446 e. The van der Waals surface area contributed by atoms with Crippen molar-refractivity contribution in [3.05, 3.63) is 51.2 Å². The Labute approximate surface area is 134 Å². The Morgan fingerprint density at radius 3 is 2.26 bits per heavy atom. The quantitative estimate of drug-likeness (QED) is 0.478. The number of rotatable bonds is 2. The van der Waals surface area contributed by atoms with E-state index >= 15 is 0 Å². The first-order valence-electron chi connectivity index (χ1n) is 5.77. The van der Waals surface area contributed by atoms with Crippen LogP contribution in [0, 0.1) is 4.77 Å². The lowest BCUT2D eigenvalue weighted by Gasteiger charge is -2.11. The number of thioether (sulfide) groups is 1. The molecule has 0 amide bonds. The molecule has 23 heavy (non-hydrogen) atoms. The van der Waals surface area contributed by atoms with Gasteiger partial charge in [0.15, 0.2) is 4.77 Å². The van der Waals surface area contributed by atoms with Crippen molar-refractivity contribution in [3.63, 3.8) is 0 Å². The minimum Gasteiger partial charge on any atom is -0.328 e. The minimum absolute atomic E-state index is 0.0702. The fraction of sp³-hybridized carbons (Fsp3) is 0.167. The molecule has 0 fully saturated rings. The summed E-state index contributed by atoms with van der Waals surface area (Å²) in [6, 6.07) is 4.96. The Morgan fingerprint density at radius 1 is 1.09 bits per heavy atom. The van der Waals surface area contributed by atoms with E-state index in [0.717, 1.165) is 12.1 Å². The van der Waals surface area contributed by atoms with Crippen molar-refractivity contribution in [2.75, 3.05) is 0 Å². The van der Waals surface area contributed by atoms with Crippen LogP contribution >= 0.6 is 24.0 Å². The number of benzene rings is 1. The average molecular weight is 372 g/mol. The van der Waals surface area contributed by atoms with Crippen LogP contribution in [-0.2, 0) is 6.18 Å². The summed E-state index contributed by atoms with van der Waals surface area (Å²) in [7, 11) is 0. The Morgan fingerprint density at radius 2 is 1.74 bits per heavy atom. The molecule has 0 bridgehead atoms. The van der Waals surface area contributed by atoms with Gasteiger partial charge in [-0.05, 0) is 42.2 Å². The highest BCUT2D eigenvalue weighted by atomic mass is 32.2. The number of halogens is 6. The number of hydrogen-bond donors (Lipinski definition) is 1. The van der Waals surface area contributed by atoms with Crippen molar-refractivity contribution in [1.29, 1.82) is 0 Å². The second kappa shape index (κ2) is 6.04. The van der Waals surface area contributed by atoms with Crippen LogP contribution in [0.2, 0.25) is 0 Å². The van der Waals surface area contributed by atoms with E-state index in [1.807, 2.05) is 4.98 Å². The third-order valence-corrected chi connectivity index (χ3v) is 3.55. The van der Waals surface area contributed by atoms with E-state index < -0.39 is 39.5 Å². The zero-order valence-electron chi connectivity index (χ0n) is 10.8. The Kier molecular flexibility index (Phi) is 4.62. The van der Waals surface area contributed by atoms with Crippen LogP contribution in [0.15, 0.2) is 40.0 Å². The van der Waals surface area contributed by atoms with Crippen molar-refractivity contribution in [2.24, 2.45) is 0 Å². The van der Waals surface area contributed by atoms with Gasteiger partial charge >= 0.3 is 11.7 Å². The second-order valence-corrected chi connectivity index (χ2v) is 5.73. The molecule has 0 aliphatic rings. The summed E-state index contributed by atoms with van der Waals surface area (Å²) in [5.41, 5.74) is -7.04. The smallest absolute Gasteiger partial charge is 0.328 e. The number of aromatic amines is 1. The molecule has 0 aliphatic heterocycles. The van der Waals surface area contributed by atoms with Crippen LogP contribution in [0.1, 0.15) is 5.69 Å². The third kappa shape index (κ3) is 4.38. The van der Waals surface area contributed by atoms with Gasteiger partial charge in [0.2, 0.25) is 0 Å². The van der Waals surface area contributed by atoms with Crippen LogP contribution in [0.3, 0.4) is 0 Å². The van der Waals surface area contributed by atoms with E-state index in [9.17, 15) is 31.1 Å². The molecule has 1 N–H and O–H groups in total. The largest absolute Gasteiger partial charge is 0.446 e. The zero-order chi connectivity index (χ0) is 17.4. The van der Waals surface area contributed by atoms with Crippen molar-refractivity contribution in [2.45, 2.75) is 16.6 Å². The molecule has 3 nitrogen and oxygen atoms in total. The van der Waals surface area contributed by atoms with Gasteiger partial charge in [-0.1, -0.05) is 6.07 Å². The van der Waals surface area contributed by atoms with E-state index in [1.54, 1.807) is 0 Å². The van der Waals surface area contributed by atoms with E-state index in [0.29, 0.717) is 10.6 Å². The maximum atomic E-state index is 12.6. The predicted octanol–water partition coefficient (Wildman–Crippen LogP) is 4.53. The highest BCUT2D eigenvalue weighted by Crippen LogP contribution is 2.37. The number of hydrogen-bond acceptors (Lipinski definition) is 3. The molecule has 1 heterocycles. The maximum absolute atomic E-state index is 12.6. The minimum atomic E-state index is -4.79. The molecule has 2 aromatic rings. The molecule has 1 aromatic heterocycles. The number of aromatic nitrogens is 2. The molecule has 1 aromatic carbocycles. The van der Waals surface area contributed by atoms with E-state index in [1.165, 1.54) is 12.1 Å². The zero-order valence-corrected chi connectivity index (χ0v) is 12.5. The molecule has 0 unspecified atom stereocenters. The van der Waals surface area contributed by atoms with Crippen molar-refractivity contribution in [3.8, 4) is 5.69 Å². The van der Waals surface area contributed by atoms with Crippen LogP contribution in [0.4, 0.5) is 26.3 Å². The highest BCUT2D eigenvalue weighted by molar-refractivity contribution is 8.00. The molecule has 0 aliphatic carbocycles. The fourth-order valence-electron chi connectivity index (χ4n) is 1.71. The van der Waals surface area contributed by atoms with Crippen molar-refractivity contribution < 1.29 is 26.3 Å². The lowest BCUT2D eigenvalue weighted by molar-refractivity contribution is -0.141. The van der Waals surface area contributed by atoms with E-state index in [-0.39, 0.29) is 10.6 Å². The van der Waals surface area contributed by atoms with Crippen LogP contribution in [0.25, 0.3) is 5.69 Å². The van der Waals surface area contributed by atoms with Crippen LogP contribution < -0.4 is 5.56 Å². The molecule has 11 heteroatoms. The number of alkyl halides is 6. The molecule has 0 atom stereocenters. The SMILES string of the molecule is O=c1cc(C(F)(F)F)[nH]c(=S)n1-c1cccc(SC(F)(F)F)c1. The highest BCUT2D eigenvalue weighted by Gasteiger charge is 2.33.